The van der Waals surface area contributed by atoms with Crippen LogP contribution in [-0.2, 0) is 23.9 Å². The number of fused-ring (bicyclic) bond motifs is 5. The molecule has 4 aliphatic rings. The maximum absolute atomic E-state index is 13.0. The molecule has 6 heteroatoms. The highest BCUT2D eigenvalue weighted by atomic mass is 32.2. The molecule has 0 unspecified atom stereocenters. The van der Waals surface area contributed by atoms with E-state index < -0.39 is 10.1 Å². The van der Waals surface area contributed by atoms with E-state index in [0.717, 1.165) is 31.9 Å². The highest BCUT2D eigenvalue weighted by molar-refractivity contribution is 7.86. The van der Waals surface area contributed by atoms with Gasteiger partial charge in [0.25, 0.3) is 10.1 Å². The Hall–Kier alpha value is -1.53. The van der Waals surface area contributed by atoms with Gasteiger partial charge in [0, 0.05) is 11.3 Å². The van der Waals surface area contributed by atoms with Crippen LogP contribution in [0.3, 0.4) is 0 Å². The first-order valence-electron chi connectivity index (χ1n) is 10.5. The molecule has 4 aliphatic carbocycles. The molecule has 4 rings (SSSR count). The molecule has 0 saturated heterocycles. The molecule has 2 fully saturated rings. The van der Waals surface area contributed by atoms with Gasteiger partial charge in [-0.15, -0.1) is 0 Å². The van der Waals surface area contributed by atoms with Crippen molar-refractivity contribution in [2.45, 2.75) is 46.5 Å². The average molecular weight is 419 g/mol. The van der Waals surface area contributed by atoms with Crippen LogP contribution in [0.2, 0.25) is 0 Å². The van der Waals surface area contributed by atoms with Crippen molar-refractivity contribution >= 4 is 21.7 Å². The van der Waals surface area contributed by atoms with E-state index in [2.05, 4.69) is 32.9 Å². The predicted octanol–water partition coefficient (Wildman–Crippen LogP) is 3.62. The van der Waals surface area contributed by atoms with Crippen molar-refractivity contribution in [3.8, 4) is 0 Å². The molecule has 0 heterocycles. The van der Waals surface area contributed by atoms with E-state index in [9.17, 15) is 18.0 Å². The summed E-state index contributed by atoms with van der Waals surface area (Å²) in [4.78, 5) is 24.9. The molecule has 0 radical (unpaired) electrons. The lowest BCUT2D eigenvalue weighted by Crippen LogP contribution is -2.45. The van der Waals surface area contributed by atoms with Crippen molar-refractivity contribution in [3.05, 3.63) is 35.5 Å². The normalized spacial score (nSPS) is 41.2. The number of carbonyl (C=O) groups excluding carboxylic acids is 2. The number of hydrogen-bond donors (Lipinski definition) is 0. The lowest BCUT2D eigenvalue weighted by Gasteiger charge is -2.52. The lowest BCUT2D eigenvalue weighted by molar-refractivity contribution is -0.130. The Morgan fingerprint density at radius 1 is 1.31 bits per heavy atom. The van der Waals surface area contributed by atoms with Crippen LogP contribution in [0.25, 0.3) is 0 Å². The number of allylic oxidation sites excluding steroid dienone is 6. The van der Waals surface area contributed by atoms with E-state index in [4.69, 9.17) is 4.18 Å². The highest BCUT2D eigenvalue weighted by Gasteiger charge is 2.59. The largest absolute Gasteiger partial charge is 0.297 e. The van der Waals surface area contributed by atoms with Gasteiger partial charge in [0.2, 0.25) is 0 Å². The summed E-state index contributed by atoms with van der Waals surface area (Å²) in [5, 5.41) is 0. The quantitative estimate of drug-likeness (QED) is 0.515. The van der Waals surface area contributed by atoms with Gasteiger partial charge in [-0.3, -0.25) is 13.8 Å². The van der Waals surface area contributed by atoms with E-state index in [0.29, 0.717) is 11.8 Å². The summed E-state index contributed by atoms with van der Waals surface area (Å²) in [6.07, 6.45) is 12.5. The Kier molecular flexibility index (Phi) is 4.82. The molecule has 158 valence electrons. The molecular formula is C23H30O5S. The summed E-state index contributed by atoms with van der Waals surface area (Å²) in [6, 6.07) is 0. The molecule has 2 saturated carbocycles. The topological polar surface area (TPSA) is 77.5 Å². The molecule has 0 aromatic rings. The predicted molar refractivity (Wildman–Crippen MR) is 110 cm³/mol. The van der Waals surface area contributed by atoms with Crippen LogP contribution in [0.4, 0.5) is 0 Å². The zero-order valence-corrected chi connectivity index (χ0v) is 18.4. The summed E-state index contributed by atoms with van der Waals surface area (Å²) in [7, 11) is -3.63. The van der Waals surface area contributed by atoms with Crippen LogP contribution >= 0.6 is 0 Å². The Morgan fingerprint density at radius 2 is 2.03 bits per heavy atom. The first-order chi connectivity index (χ1) is 13.5. The van der Waals surface area contributed by atoms with E-state index in [-0.39, 0.29) is 40.8 Å². The second-order valence-electron chi connectivity index (χ2n) is 9.85. The molecule has 0 spiro atoms. The van der Waals surface area contributed by atoms with Gasteiger partial charge in [-0.1, -0.05) is 37.1 Å². The van der Waals surface area contributed by atoms with Crippen LogP contribution in [0.15, 0.2) is 35.5 Å². The third-order valence-electron chi connectivity index (χ3n) is 8.05. The SMILES string of the molecule is C[C@@H]1C[C@H]2[C@@H]3CCC4=CC(=O)C=C[C@]4(C)C3=CC[C@]2(C)[C@H]1C(=O)COS(C)(=O)=O. The van der Waals surface area contributed by atoms with Gasteiger partial charge in [0.05, 0.1) is 6.26 Å². The number of rotatable bonds is 4. The fraction of sp³-hybridized carbons (Fsp3) is 0.652. The molecule has 0 amide bonds. The van der Waals surface area contributed by atoms with Crippen molar-refractivity contribution < 1.29 is 22.2 Å². The number of carbonyl (C=O) groups is 2. The highest BCUT2D eigenvalue weighted by Crippen LogP contribution is 2.65. The fourth-order valence-electron chi connectivity index (χ4n) is 6.83. The number of ketones is 2. The minimum Gasteiger partial charge on any atom is -0.297 e. The second kappa shape index (κ2) is 6.74. The van der Waals surface area contributed by atoms with Crippen molar-refractivity contribution in [1.29, 1.82) is 0 Å². The van der Waals surface area contributed by atoms with Crippen molar-refractivity contribution in [2.75, 3.05) is 12.9 Å². The van der Waals surface area contributed by atoms with E-state index >= 15 is 0 Å². The minimum absolute atomic E-state index is 0.0724. The molecular weight excluding hydrogens is 388 g/mol. The zero-order chi connectivity index (χ0) is 21.2. The maximum Gasteiger partial charge on any atom is 0.264 e. The third-order valence-corrected chi connectivity index (χ3v) is 8.60. The van der Waals surface area contributed by atoms with Crippen molar-refractivity contribution in [2.24, 2.45) is 34.5 Å². The Bertz CT molecular complexity index is 956. The summed E-state index contributed by atoms with van der Waals surface area (Å²) in [5.41, 5.74) is 2.23. The number of hydrogen-bond acceptors (Lipinski definition) is 5. The molecule has 0 aromatic carbocycles. The second-order valence-corrected chi connectivity index (χ2v) is 11.5. The van der Waals surface area contributed by atoms with Gasteiger partial charge in [-0.05, 0) is 67.9 Å². The Labute approximate surface area is 173 Å². The molecule has 29 heavy (non-hydrogen) atoms. The van der Waals surface area contributed by atoms with Crippen molar-refractivity contribution in [3.63, 3.8) is 0 Å². The summed E-state index contributed by atoms with van der Waals surface area (Å²) in [5.74, 6) is 0.750. The molecule has 0 bridgehead atoms. The molecule has 6 atom stereocenters. The lowest BCUT2D eigenvalue weighted by atomic mass is 9.52. The van der Waals surface area contributed by atoms with E-state index in [1.807, 2.05) is 0 Å². The minimum atomic E-state index is -3.63. The number of Topliss-reactive ketones (excluding diaryl/α,β-unsaturated/α-hetero) is 1. The van der Waals surface area contributed by atoms with Gasteiger partial charge in [0.15, 0.2) is 11.6 Å². The monoisotopic (exact) mass is 418 g/mol. The standard InChI is InChI=1S/C23H30O5S/c1-14-11-19-17-6-5-15-12-16(24)7-9-22(15,2)18(17)8-10-23(19,3)21(14)20(25)13-28-29(4,26)27/h7-9,12,14,17,19,21H,5-6,10-11,13H2,1-4H3/t14-,17-,19+,21-,22+,23+/m1/s1. The van der Waals surface area contributed by atoms with Crippen molar-refractivity contribution in [1.82, 2.24) is 0 Å². The smallest absolute Gasteiger partial charge is 0.264 e. The molecule has 0 N–H and O–H groups in total. The molecule has 0 aromatic heterocycles. The Balaban J connectivity index is 1.65. The summed E-state index contributed by atoms with van der Waals surface area (Å²) >= 11 is 0. The van der Waals surface area contributed by atoms with Gasteiger partial charge in [-0.2, -0.15) is 8.42 Å². The van der Waals surface area contributed by atoms with Crippen LogP contribution in [0.1, 0.15) is 46.5 Å². The van der Waals surface area contributed by atoms with Crippen LogP contribution < -0.4 is 0 Å². The summed E-state index contributed by atoms with van der Waals surface area (Å²) < 4.78 is 27.5. The van der Waals surface area contributed by atoms with Crippen LogP contribution in [-0.4, -0.2) is 32.8 Å². The van der Waals surface area contributed by atoms with Crippen LogP contribution in [0.5, 0.6) is 0 Å². The maximum atomic E-state index is 13.0. The van der Waals surface area contributed by atoms with Crippen LogP contribution in [0, 0.1) is 34.5 Å². The first-order valence-corrected chi connectivity index (χ1v) is 12.3. The van der Waals surface area contributed by atoms with Gasteiger partial charge in [-0.25, -0.2) is 0 Å². The third kappa shape index (κ3) is 3.28. The zero-order valence-electron chi connectivity index (χ0n) is 17.6. The van der Waals surface area contributed by atoms with Gasteiger partial charge < -0.3 is 0 Å². The first kappa shape index (κ1) is 20.7. The fourth-order valence-corrected chi connectivity index (χ4v) is 7.16. The molecule has 5 nitrogen and oxygen atoms in total. The van der Waals surface area contributed by atoms with Gasteiger partial charge >= 0.3 is 0 Å². The van der Waals surface area contributed by atoms with E-state index in [1.54, 1.807) is 12.2 Å². The average Bonchev–Trinajstić information content (AvgIpc) is 2.90. The van der Waals surface area contributed by atoms with Gasteiger partial charge in [0.1, 0.15) is 6.61 Å². The summed E-state index contributed by atoms with van der Waals surface area (Å²) in [6.45, 7) is 6.16. The molecule has 0 aliphatic heterocycles. The Morgan fingerprint density at radius 3 is 2.72 bits per heavy atom. The van der Waals surface area contributed by atoms with E-state index in [1.165, 1.54) is 11.1 Å².